The fourth-order valence-corrected chi connectivity index (χ4v) is 1.50. The molecule has 0 aliphatic carbocycles. The first-order valence-corrected chi connectivity index (χ1v) is 4.70. The molecule has 1 aromatic heterocycles. The number of aromatic nitrogens is 1. The highest BCUT2D eigenvalue weighted by atomic mass is 16.4. The number of hydrogen-bond acceptors (Lipinski definition) is 2. The van der Waals surface area contributed by atoms with Gasteiger partial charge in [0.05, 0.1) is 5.52 Å². The van der Waals surface area contributed by atoms with Gasteiger partial charge in [0.25, 0.3) is 5.91 Å². The molecule has 0 saturated carbocycles. The average Bonchev–Trinajstić information content (AvgIpc) is 2.69. The molecule has 2 rings (SSSR count). The number of hydrogen-bond donors (Lipinski definition) is 1. The Kier molecular flexibility index (Phi) is 2.55. The minimum atomic E-state index is -1.13. The molecule has 0 atom stereocenters. The molecule has 80 valence electrons. The van der Waals surface area contributed by atoms with E-state index in [0.717, 1.165) is 23.1 Å². The normalized spacial score (nSPS) is 11.0. The Morgan fingerprint density at radius 2 is 1.88 bits per heavy atom. The molecule has 2 aromatic rings. The van der Waals surface area contributed by atoms with E-state index in [2.05, 4.69) is 0 Å². The van der Waals surface area contributed by atoms with Crippen molar-refractivity contribution in [3.8, 4) is 0 Å². The van der Waals surface area contributed by atoms with Crippen molar-refractivity contribution in [2.24, 2.45) is 0 Å². The maximum atomic E-state index is 11.6. The molecular weight excluding hydrogens is 206 g/mol. The molecule has 0 fully saturated rings. The summed E-state index contributed by atoms with van der Waals surface area (Å²) in [5, 5.41) is 9.37. The van der Waals surface area contributed by atoms with Crippen LogP contribution in [0.15, 0.2) is 48.7 Å². The number of carbonyl (C=O) groups excluding carboxylic acids is 1. The zero-order valence-corrected chi connectivity index (χ0v) is 8.33. The van der Waals surface area contributed by atoms with Gasteiger partial charge in [-0.3, -0.25) is 9.36 Å². The standard InChI is InChI=1S/C12H9NO3/c14-11(5-6-12(15)16)13-8-7-9-3-1-2-4-10(9)13/h1-8H,(H,15,16)/b6-5-. The summed E-state index contributed by atoms with van der Waals surface area (Å²) >= 11 is 0. The zero-order chi connectivity index (χ0) is 11.5. The van der Waals surface area contributed by atoms with Gasteiger partial charge in [-0.2, -0.15) is 0 Å². The fraction of sp³-hybridized carbons (Fsp3) is 0. The topological polar surface area (TPSA) is 59.3 Å². The van der Waals surface area contributed by atoms with E-state index >= 15 is 0 Å². The van der Waals surface area contributed by atoms with Gasteiger partial charge in [0.2, 0.25) is 0 Å². The number of allylic oxidation sites excluding steroid dienone is 1. The largest absolute Gasteiger partial charge is 0.478 e. The van der Waals surface area contributed by atoms with E-state index in [1.165, 1.54) is 4.57 Å². The van der Waals surface area contributed by atoms with Gasteiger partial charge in [0, 0.05) is 23.7 Å². The van der Waals surface area contributed by atoms with Crippen LogP contribution in [0.3, 0.4) is 0 Å². The minimum Gasteiger partial charge on any atom is -0.478 e. The summed E-state index contributed by atoms with van der Waals surface area (Å²) in [4.78, 5) is 21.9. The number of aliphatic carboxylic acids is 1. The van der Waals surface area contributed by atoms with Crippen molar-refractivity contribution >= 4 is 22.8 Å². The molecule has 1 aromatic carbocycles. The molecule has 0 saturated heterocycles. The van der Waals surface area contributed by atoms with Crippen LogP contribution in [0.5, 0.6) is 0 Å². The van der Waals surface area contributed by atoms with Crippen molar-refractivity contribution in [1.29, 1.82) is 0 Å². The van der Waals surface area contributed by atoms with E-state index in [1.807, 2.05) is 30.3 Å². The van der Waals surface area contributed by atoms with E-state index < -0.39 is 5.97 Å². The van der Waals surface area contributed by atoms with Gasteiger partial charge < -0.3 is 5.11 Å². The molecule has 0 aliphatic heterocycles. The summed E-state index contributed by atoms with van der Waals surface area (Å²) in [7, 11) is 0. The van der Waals surface area contributed by atoms with E-state index in [1.54, 1.807) is 6.20 Å². The Balaban J connectivity index is 2.40. The zero-order valence-electron chi connectivity index (χ0n) is 8.33. The number of fused-ring (bicyclic) bond motifs is 1. The fourth-order valence-electron chi connectivity index (χ4n) is 1.50. The van der Waals surface area contributed by atoms with Crippen LogP contribution in [0.2, 0.25) is 0 Å². The molecule has 0 bridgehead atoms. The van der Waals surface area contributed by atoms with Crippen LogP contribution in [0.4, 0.5) is 0 Å². The summed E-state index contributed by atoms with van der Waals surface area (Å²) < 4.78 is 1.41. The Labute approximate surface area is 91.4 Å². The Morgan fingerprint density at radius 3 is 2.62 bits per heavy atom. The first-order valence-electron chi connectivity index (χ1n) is 4.70. The summed E-state index contributed by atoms with van der Waals surface area (Å²) in [6, 6.07) is 9.21. The van der Waals surface area contributed by atoms with Crippen molar-refractivity contribution in [3.63, 3.8) is 0 Å². The first kappa shape index (κ1) is 10.2. The molecule has 16 heavy (non-hydrogen) atoms. The number of para-hydroxylation sites is 1. The third-order valence-corrected chi connectivity index (χ3v) is 2.21. The van der Waals surface area contributed by atoms with Crippen LogP contribution in [0.1, 0.15) is 4.79 Å². The van der Waals surface area contributed by atoms with Crippen LogP contribution in [0, 0.1) is 0 Å². The van der Waals surface area contributed by atoms with Crippen molar-refractivity contribution in [3.05, 3.63) is 48.7 Å². The molecular formula is C12H9NO3. The Bertz CT molecular complexity index is 581. The number of benzene rings is 1. The third kappa shape index (κ3) is 1.86. The van der Waals surface area contributed by atoms with E-state index in [0.29, 0.717) is 0 Å². The van der Waals surface area contributed by atoms with Gasteiger partial charge in [0.1, 0.15) is 0 Å². The predicted molar refractivity (Wildman–Crippen MR) is 59.3 cm³/mol. The molecule has 0 aliphatic rings. The second-order valence-electron chi connectivity index (χ2n) is 3.25. The molecule has 4 heteroatoms. The minimum absolute atomic E-state index is 0.372. The Morgan fingerprint density at radius 1 is 1.12 bits per heavy atom. The second kappa shape index (κ2) is 4.02. The first-order chi connectivity index (χ1) is 7.68. The van der Waals surface area contributed by atoms with Gasteiger partial charge in [-0.1, -0.05) is 18.2 Å². The summed E-state index contributed by atoms with van der Waals surface area (Å²) in [6.45, 7) is 0. The SMILES string of the molecule is O=C(O)/C=C\C(=O)n1ccc2ccccc21. The molecule has 0 unspecified atom stereocenters. The van der Waals surface area contributed by atoms with Crippen LogP contribution in [0.25, 0.3) is 10.9 Å². The number of carboxylic acids is 1. The highest BCUT2D eigenvalue weighted by molar-refractivity contribution is 6.00. The molecule has 0 radical (unpaired) electrons. The molecule has 1 N–H and O–H groups in total. The van der Waals surface area contributed by atoms with E-state index in [-0.39, 0.29) is 5.91 Å². The molecule has 0 amide bonds. The lowest BCUT2D eigenvalue weighted by molar-refractivity contribution is -0.131. The monoisotopic (exact) mass is 215 g/mol. The average molecular weight is 215 g/mol. The lowest BCUT2D eigenvalue weighted by Gasteiger charge is -1.98. The number of rotatable bonds is 2. The van der Waals surface area contributed by atoms with Crippen molar-refractivity contribution in [1.82, 2.24) is 4.57 Å². The summed E-state index contributed by atoms with van der Waals surface area (Å²) in [5.41, 5.74) is 0.766. The lowest BCUT2D eigenvalue weighted by atomic mass is 10.2. The molecule has 0 spiro atoms. The quantitative estimate of drug-likeness (QED) is 0.778. The van der Waals surface area contributed by atoms with Crippen LogP contribution in [-0.4, -0.2) is 21.6 Å². The van der Waals surface area contributed by atoms with Gasteiger partial charge in [-0.25, -0.2) is 4.79 Å². The summed E-state index contributed by atoms with van der Waals surface area (Å²) in [5.74, 6) is -1.51. The highest BCUT2D eigenvalue weighted by Gasteiger charge is 2.05. The van der Waals surface area contributed by atoms with Gasteiger partial charge >= 0.3 is 5.97 Å². The highest BCUT2D eigenvalue weighted by Crippen LogP contribution is 2.14. The lowest BCUT2D eigenvalue weighted by Crippen LogP contribution is -2.06. The molecule has 1 heterocycles. The maximum Gasteiger partial charge on any atom is 0.328 e. The predicted octanol–water partition coefficient (Wildman–Crippen LogP) is 1.92. The van der Waals surface area contributed by atoms with Gasteiger partial charge in [-0.05, 0) is 12.1 Å². The maximum absolute atomic E-state index is 11.6. The van der Waals surface area contributed by atoms with Crippen molar-refractivity contribution in [2.75, 3.05) is 0 Å². The Hall–Kier alpha value is -2.36. The van der Waals surface area contributed by atoms with Gasteiger partial charge in [-0.15, -0.1) is 0 Å². The molecule has 4 nitrogen and oxygen atoms in total. The van der Waals surface area contributed by atoms with E-state index in [4.69, 9.17) is 5.11 Å². The van der Waals surface area contributed by atoms with Crippen LogP contribution < -0.4 is 0 Å². The van der Waals surface area contributed by atoms with Gasteiger partial charge in [0.15, 0.2) is 0 Å². The smallest absolute Gasteiger partial charge is 0.328 e. The van der Waals surface area contributed by atoms with E-state index in [9.17, 15) is 9.59 Å². The number of carboxylic acid groups (broad SMARTS) is 1. The summed E-state index contributed by atoms with van der Waals surface area (Å²) in [6.07, 6.45) is 3.49. The van der Waals surface area contributed by atoms with Crippen molar-refractivity contribution < 1.29 is 14.7 Å². The van der Waals surface area contributed by atoms with Crippen LogP contribution in [-0.2, 0) is 4.79 Å². The second-order valence-corrected chi connectivity index (χ2v) is 3.25. The number of carbonyl (C=O) groups is 2. The van der Waals surface area contributed by atoms with Crippen molar-refractivity contribution in [2.45, 2.75) is 0 Å². The number of nitrogens with zero attached hydrogens (tertiary/aromatic N) is 1. The van der Waals surface area contributed by atoms with Crippen LogP contribution >= 0.6 is 0 Å². The third-order valence-electron chi connectivity index (χ3n) is 2.21.